The fraction of sp³-hybridized carbons (Fsp3) is 0.412. The zero-order valence-corrected chi connectivity index (χ0v) is 12.3. The lowest BCUT2D eigenvalue weighted by molar-refractivity contribution is 0.157. The molecule has 0 spiro atoms. The lowest BCUT2D eigenvalue weighted by Crippen LogP contribution is -2.10. The molecule has 104 valence electrons. The lowest BCUT2D eigenvalue weighted by atomic mass is 9.93. The van der Waals surface area contributed by atoms with E-state index in [1.54, 1.807) is 0 Å². The Labute approximate surface area is 123 Å². The number of rotatable bonds is 2. The summed E-state index contributed by atoms with van der Waals surface area (Å²) in [5.74, 6) is 0. The highest BCUT2D eigenvalue weighted by molar-refractivity contribution is 8.00. The van der Waals surface area contributed by atoms with Crippen LogP contribution in [0, 0.1) is 0 Å². The van der Waals surface area contributed by atoms with Crippen LogP contribution in [0.1, 0.15) is 35.6 Å². The number of nitrogens with zero attached hydrogens (tertiary/aromatic N) is 1. The van der Waals surface area contributed by atoms with Crippen LogP contribution in [0.25, 0.3) is 0 Å². The van der Waals surface area contributed by atoms with Gasteiger partial charge in [0.15, 0.2) is 0 Å². The van der Waals surface area contributed by atoms with E-state index in [9.17, 15) is 5.11 Å². The molecule has 2 heterocycles. The Morgan fingerprint density at radius 3 is 2.95 bits per heavy atom. The average Bonchev–Trinajstić information content (AvgIpc) is 3.02. The monoisotopic (exact) mass is 285 g/mol. The zero-order valence-electron chi connectivity index (χ0n) is 11.5. The van der Waals surface area contributed by atoms with Gasteiger partial charge in [-0.3, -0.25) is 0 Å². The second-order valence-electron chi connectivity index (χ2n) is 5.90. The Hall–Kier alpha value is -1.19. The summed E-state index contributed by atoms with van der Waals surface area (Å²) in [6.45, 7) is 1.04. The first kappa shape index (κ1) is 12.5. The maximum Gasteiger partial charge on any atom is 0.0807 e. The molecule has 0 amide bonds. The first-order chi connectivity index (χ1) is 9.79. The van der Waals surface area contributed by atoms with Crippen molar-refractivity contribution < 1.29 is 5.11 Å². The van der Waals surface area contributed by atoms with Gasteiger partial charge in [0, 0.05) is 34.6 Å². The third kappa shape index (κ3) is 2.19. The molecule has 2 aromatic rings. The van der Waals surface area contributed by atoms with Crippen LogP contribution < -0.4 is 0 Å². The largest absolute Gasteiger partial charge is 0.388 e. The Morgan fingerprint density at radius 2 is 2.10 bits per heavy atom. The molecule has 1 N–H and O–H groups in total. The fourth-order valence-corrected chi connectivity index (χ4v) is 4.75. The summed E-state index contributed by atoms with van der Waals surface area (Å²) in [4.78, 5) is 1.44. The number of aryl methyl sites for hydroxylation is 1. The molecule has 2 aliphatic rings. The molecule has 1 aromatic heterocycles. The van der Waals surface area contributed by atoms with Gasteiger partial charge in [-0.15, -0.1) is 11.8 Å². The van der Waals surface area contributed by atoms with E-state index < -0.39 is 0 Å². The van der Waals surface area contributed by atoms with Crippen molar-refractivity contribution in [2.24, 2.45) is 0 Å². The summed E-state index contributed by atoms with van der Waals surface area (Å²) in [5, 5.41) is 10.7. The Balaban J connectivity index is 1.51. The van der Waals surface area contributed by atoms with E-state index in [0.29, 0.717) is 5.25 Å². The number of thioether (sulfide) groups is 1. The number of benzene rings is 1. The molecular formula is C17H19NOS. The number of aromatic nitrogens is 1. The van der Waals surface area contributed by atoms with E-state index in [1.165, 1.54) is 16.0 Å². The van der Waals surface area contributed by atoms with E-state index in [0.717, 1.165) is 37.8 Å². The number of aliphatic hydroxyl groups excluding tert-OH is 1. The molecule has 1 aromatic carbocycles. The second kappa shape index (κ2) is 4.97. The van der Waals surface area contributed by atoms with E-state index in [2.05, 4.69) is 41.2 Å². The summed E-state index contributed by atoms with van der Waals surface area (Å²) in [6.07, 6.45) is 8.49. The van der Waals surface area contributed by atoms with Gasteiger partial charge in [0.1, 0.15) is 0 Å². The van der Waals surface area contributed by atoms with Crippen LogP contribution >= 0.6 is 11.8 Å². The molecule has 0 saturated heterocycles. The van der Waals surface area contributed by atoms with Crippen molar-refractivity contribution in [3.63, 3.8) is 0 Å². The van der Waals surface area contributed by atoms with Crippen LogP contribution in [0.2, 0.25) is 0 Å². The van der Waals surface area contributed by atoms with Crippen LogP contribution in [-0.4, -0.2) is 14.9 Å². The van der Waals surface area contributed by atoms with E-state index >= 15 is 0 Å². The Morgan fingerprint density at radius 1 is 1.20 bits per heavy atom. The SMILES string of the molecule is OC1CCCc2cn(CC3Cc4ccccc4S3)cc21. The van der Waals surface area contributed by atoms with Gasteiger partial charge >= 0.3 is 0 Å². The molecule has 20 heavy (non-hydrogen) atoms. The van der Waals surface area contributed by atoms with Gasteiger partial charge in [-0.2, -0.15) is 0 Å². The normalized spacial score (nSPS) is 24.4. The van der Waals surface area contributed by atoms with Gasteiger partial charge in [0.25, 0.3) is 0 Å². The van der Waals surface area contributed by atoms with Crippen molar-refractivity contribution in [1.29, 1.82) is 0 Å². The van der Waals surface area contributed by atoms with E-state index in [-0.39, 0.29) is 6.10 Å². The van der Waals surface area contributed by atoms with Crippen LogP contribution in [0.15, 0.2) is 41.6 Å². The van der Waals surface area contributed by atoms with Gasteiger partial charge in [0.05, 0.1) is 6.10 Å². The number of fused-ring (bicyclic) bond motifs is 2. The molecule has 0 radical (unpaired) electrons. The topological polar surface area (TPSA) is 25.2 Å². The Bertz CT molecular complexity index is 609. The molecule has 0 saturated carbocycles. The number of hydrogen-bond acceptors (Lipinski definition) is 2. The quantitative estimate of drug-likeness (QED) is 0.912. The van der Waals surface area contributed by atoms with Crippen molar-refractivity contribution in [1.82, 2.24) is 4.57 Å². The minimum atomic E-state index is -0.242. The predicted molar refractivity (Wildman–Crippen MR) is 82.1 cm³/mol. The summed E-state index contributed by atoms with van der Waals surface area (Å²) in [7, 11) is 0. The maximum atomic E-state index is 10.1. The molecule has 3 heteroatoms. The predicted octanol–water partition coefficient (Wildman–Crippen LogP) is 3.57. The molecule has 1 aliphatic carbocycles. The molecular weight excluding hydrogens is 266 g/mol. The van der Waals surface area contributed by atoms with E-state index in [4.69, 9.17) is 0 Å². The van der Waals surface area contributed by atoms with Crippen molar-refractivity contribution in [2.45, 2.75) is 48.5 Å². The number of hydrogen-bond donors (Lipinski definition) is 1. The van der Waals surface area contributed by atoms with Gasteiger partial charge < -0.3 is 9.67 Å². The van der Waals surface area contributed by atoms with Crippen LogP contribution in [0.5, 0.6) is 0 Å². The lowest BCUT2D eigenvalue weighted by Gasteiger charge is -2.16. The van der Waals surface area contributed by atoms with Crippen molar-refractivity contribution in [2.75, 3.05) is 0 Å². The first-order valence-corrected chi connectivity index (χ1v) is 8.29. The molecule has 2 atom stereocenters. The van der Waals surface area contributed by atoms with E-state index in [1.807, 2.05) is 11.8 Å². The molecule has 0 bridgehead atoms. The molecule has 2 nitrogen and oxygen atoms in total. The zero-order chi connectivity index (χ0) is 13.5. The molecule has 1 aliphatic heterocycles. The molecule has 4 rings (SSSR count). The van der Waals surface area contributed by atoms with Gasteiger partial charge in [0.2, 0.25) is 0 Å². The maximum absolute atomic E-state index is 10.1. The summed E-state index contributed by atoms with van der Waals surface area (Å²) in [5.41, 5.74) is 4.00. The minimum Gasteiger partial charge on any atom is -0.388 e. The molecule has 2 unspecified atom stereocenters. The van der Waals surface area contributed by atoms with Crippen LogP contribution in [0.3, 0.4) is 0 Å². The van der Waals surface area contributed by atoms with Gasteiger partial charge in [-0.05, 0) is 42.9 Å². The number of aliphatic hydroxyl groups is 1. The van der Waals surface area contributed by atoms with Gasteiger partial charge in [-0.25, -0.2) is 0 Å². The third-order valence-electron chi connectivity index (χ3n) is 4.41. The van der Waals surface area contributed by atoms with Crippen molar-refractivity contribution in [3.8, 4) is 0 Å². The van der Waals surface area contributed by atoms with Crippen LogP contribution in [0.4, 0.5) is 0 Å². The first-order valence-electron chi connectivity index (χ1n) is 7.41. The Kier molecular flexibility index (Phi) is 3.12. The average molecular weight is 285 g/mol. The second-order valence-corrected chi connectivity index (χ2v) is 7.24. The highest BCUT2D eigenvalue weighted by atomic mass is 32.2. The summed E-state index contributed by atoms with van der Waals surface area (Å²) >= 11 is 1.99. The molecule has 0 fully saturated rings. The van der Waals surface area contributed by atoms with Crippen LogP contribution in [-0.2, 0) is 19.4 Å². The summed E-state index contributed by atoms with van der Waals surface area (Å²) in [6, 6.07) is 8.72. The standard InChI is InChI=1S/C17H19NOS/c19-16-6-3-5-13-9-18(11-15(13)16)10-14-8-12-4-1-2-7-17(12)20-14/h1-2,4,7,9,11,14,16,19H,3,5-6,8,10H2. The summed E-state index contributed by atoms with van der Waals surface area (Å²) < 4.78 is 2.29. The minimum absolute atomic E-state index is 0.242. The van der Waals surface area contributed by atoms with Gasteiger partial charge in [-0.1, -0.05) is 18.2 Å². The third-order valence-corrected chi connectivity index (χ3v) is 5.71. The highest BCUT2D eigenvalue weighted by Gasteiger charge is 2.24. The highest BCUT2D eigenvalue weighted by Crippen LogP contribution is 2.38. The smallest absolute Gasteiger partial charge is 0.0807 e. The van der Waals surface area contributed by atoms with Crippen molar-refractivity contribution >= 4 is 11.8 Å². The fourth-order valence-electron chi connectivity index (χ4n) is 3.42. The van der Waals surface area contributed by atoms with Crippen molar-refractivity contribution in [3.05, 3.63) is 53.3 Å².